The number of nitro groups is 2. The van der Waals surface area contributed by atoms with Crippen molar-refractivity contribution in [3.05, 3.63) is 38.4 Å². The van der Waals surface area contributed by atoms with Crippen LogP contribution >= 0.6 is 0 Å². The van der Waals surface area contributed by atoms with E-state index in [0.29, 0.717) is 31.9 Å². The summed E-state index contributed by atoms with van der Waals surface area (Å²) >= 11 is 0. The molecule has 0 spiro atoms. The Morgan fingerprint density at radius 3 is 1.88 bits per heavy atom. The van der Waals surface area contributed by atoms with Crippen LogP contribution in [0.2, 0.25) is 0 Å². The SMILES string of the molecule is O=[N+]([O-])c1ccc(N2CCNCCNCCNCC2)c([N+](=O)[O-])c1. The second kappa shape index (κ2) is 9.11. The molecule has 24 heavy (non-hydrogen) atoms. The summed E-state index contributed by atoms with van der Waals surface area (Å²) in [5.74, 6) is 0. The minimum Gasteiger partial charge on any atom is -0.363 e. The van der Waals surface area contributed by atoms with Crippen LogP contribution in [0.15, 0.2) is 18.2 Å². The van der Waals surface area contributed by atoms with E-state index < -0.39 is 9.85 Å². The monoisotopic (exact) mass is 338 g/mol. The fraction of sp³-hybridized carbons (Fsp3) is 0.571. The maximum absolute atomic E-state index is 11.3. The van der Waals surface area contributed by atoms with Gasteiger partial charge in [0.1, 0.15) is 5.69 Å². The van der Waals surface area contributed by atoms with Gasteiger partial charge in [0.05, 0.1) is 15.9 Å². The average Bonchev–Trinajstić information content (AvgIpc) is 2.55. The van der Waals surface area contributed by atoms with Gasteiger partial charge in [0.2, 0.25) is 0 Å². The average molecular weight is 338 g/mol. The van der Waals surface area contributed by atoms with Crippen LogP contribution in [0.25, 0.3) is 0 Å². The zero-order valence-electron chi connectivity index (χ0n) is 13.4. The summed E-state index contributed by atoms with van der Waals surface area (Å²) in [5.41, 5.74) is -0.107. The van der Waals surface area contributed by atoms with Gasteiger partial charge in [-0.15, -0.1) is 0 Å². The van der Waals surface area contributed by atoms with Crippen LogP contribution in [0.1, 0.15) is 0 Å². The van der Waals surface area contributed by atoms with Crippen molar-refractivity contribution in [1.29, 1.82) is 0 Å². The molecule has 2 rings (SSSR count). The molecule has 0 aromatic heterocycles. The molecule has 1 heterocycles. The molecule has 3 N–H and O–H groups in total. The van der Waals surface area contributed by atoms with Crippen molar-refractivity contribution < 1.29 is 9.85 Å². The van der Waals surface area contributed by atoms with Gasteiger partial charge in [-0.3, -0.25) is 20.2 Å². The minimum atomic E-state index is -0.622. The van der Waals surface area contributed by atoms with Gasteiger partial charge in [-0.2, -0.15) is 0 Å². The van der Waals surface area contributed by atoms with Gasteiger partial charge in [0.25, 0.3) is 11.4 Å². The van der Waals surface area contributed by atoms with Crippen LogP contribution in [-0.2, 0) is 0 Å². The van der Waals surface area contributed by atoms with Gasteiger partial charge in [-0.1, -0.05) is 0 Å². The number of nitrogens with zero attached hydrogens (tertiary/aromatic N) is 3. The molecule has 10 heteroatoms. The molecule has 1 saturated heterocycles. The number of rotatable bonds is 3. The highest BCUT2D eigenvalue weighted by Crippen LogP contribution is 2.31. The normalized spacial score (nSPS) is 17.6. The largest absolute Gasteiger partial charge is 0.363 e. The number of nitro benzene ring substituents is 2. The van der Waals surface area contributed by atoms with E-state index in [1.54, 1.807) is 0 Å². The van der Waals surface area contributed by atoms with Crippen molar-refractivity contribution in [3.8, 4) is 0 Å². The maximum atomic E-state index is 11.3. The van der Waals surface area contributed by atoms with Crippen LogP contribution in [0.4, 0.5) is 17.1 Å². The number of nitrogens with one attached hydrogen (secondary N) is 3. The third-order valence-corrected chi connectivity index (χ3v) is 3.78. The number of anilines is 1. The molecule has 0 aliphatic carbocycles. The molecule has 132 valence electrons. The molecule has 0 atom stereocenters. The lowest BCUT2D eigenvalue weighted by Crippen LogP contribution is -2.42. The summed E-state index contributed by atoms with van der Waals surface area (Å²) < 4.78 is 0. The van der Waals surface area contributed by atoms with Gasteiger partial charge in [0.15, 0.2) is 0 Å². The Morgan fingerprint density at radius 2 is 1.38 bits per heavy atom. The molecule has 1 aromatic carbocycles. The van der Waals surface area contributed by atoms with Crippen LogP contribution in [-0.4, -0.2) is 62.2 Å². The quantitative estimate of drug-likeness (QED) is 0.523. The number of benzene rings is 1. The fourth-order valence-corrected chi connectivity index (χ4v) is 2.55. The Bertz CT molecular complexity index is 570. The molecule has 1 fully saturated rings. The lowest BCUT2D eigenvalue weighted by molar-refractivity contribution is -0.393. The second-order valence-electron chi connectivity index (χ2n) is 5.42. The highest BCUT2D eigenvalue weighted by molar-refractivity contribution is 5.66. The molecular weight excluding hydrogens is 316 g/mol. The summed E-state index contributed by atoms with van der Waals surface area (Å²) in [6.45, 7) is 5.87. The highest BCUT2D eigenvalue weighted by Gasteiger charge is 2.23. The topological polar surface area (TPSA) is 126 Å². The Labute approximate surface area is 139 Å². The van der Waals surface area contributed by atoms with Crippen LogP contribution in [0, 0.1) is 20.2 Å². The van der Waals surface area contributed by atoms with Crippen molar-refractivity contribution in [1.82, 2.24) is 16.0 Å². The number of non-ortho nitro benzene ring substituents is 1. The first-order chi connectivity index (χ1) is 11.6. The van der Waals surface area contributed by atoms with Crippen molar-refractivity contribution >= 4 is 17.1 Å². The van der Waals surface area contributed by atoms with E-state index in [4.69, 9.17) is 0 Å². The number of hydrogen-bond donors (Lipinski definition) is 3. The van der Waals surface area contributed by atoms with Gasteiger partial charge >= 0.3 is 0 Å². The first-order valence-electron chi connectivity index (χ1n) is 7.89. The molecule has 0 radical (unpaired) electrons. The zero-order chi connectivity index (χ0) is 17.4. The smallest absolute Gasteiger partial charge is 0.299 e. The predicted molar refractivity (Wildman–Crippen MR) is 90.6 cm³/mol. The molecule has 1 aliphatic heterocycles. The van der Waals surface area contributed by atoms with E-state index in [9.17, 15) is 20.2 Å². The summed E-state index contributed by atoms with van der Waals surface area (Å²) in [5, 5.41) is 32.0. The van der Waals surface area contributed by atoms with Crippen molar-refractivity contribution in [2.45, 2.75) is 0 Å². The Kier molecular flexibility index (Phi) is 6.85. The second-order valence-corrected chi connectivity index (χ2v) is 5.42. The molecular formula is C14H22N6O4. The van der Waals surface area contributed by atoms with E-state index in [1.807, 2.05) is 4.90 Å². The van der Waals surface area contributed by atoms with Gasteiger partial charge < -0.3 is 20.9 Å². The van der Waals surface area contributed by atoms with Gasteiger partial charge in [-0.05, 0) is 6.07 Å². The molecule has 0 bridgehead atoms. The van der Waals surface area contributed by atoms with Crippen LogP contribution in [0.5, 0.6) is 0 Å². The Balaban J connectivity index is 2.20. The van der Waals surface area contributed by atoms with Crippen molar-refractivity contribution in [2.75, 3.05) is 57.3 Å². The fourth-order valence-electron chi connectivity index (χ4n) is 2.55. The first-order valence-corrected chi connectivity index (χ1v) is 7.89. The molecule has 0 unspecified atom stereocenters. The summed E-state index contributed by atoms with van der Waals surface area (Å²) in [6, 6.07) is 3.79. The lowest BCUT2D eigenvalue weighted by atomic mass is 10.2. The van der Waals surface area contributed by atoms with Crippen molar-refractivity contribution in [3.63, 3.8) is 0 Å². The van der Waals surface area contributed by atoms with Gasteiger partial charge in [0, 0.05) is 58.4 Å². The van der Waals surface area contributed by atoms with Crippen LogP contribution < -0.4 is 20.9 Å². The van der Waals surface area contributed by atoms with E-state index in [1.165, 1.54) is 12.1 Å². The minimum absolute atomic E-state index is 0.238. The summed E-state index contributed by atoms with van der Waals surface area (Å²) in [4.78, 5) is 22.9. The number of hydrogen-bond acceptors (Lipinski definition) is 8. The zero-order valence-corrected chi connectivity index (χ0v) is 13.4. The van der Waals surface area contributed by atoms with E-state index >= 15 is 0 Å². The van der Waals surface area contributed by atoms with E-state index in [2.05, 4.69) is 16.0 Å². The van der Waals surface area contributed by atoms with Crippen molar-refractivity contribution in [2.24, 2.45) is 0 Å². The Morgan fingerprint density at radius 1 is 0.833 bits per heavy atom. The molecule has 1 aliphatic rings. The predicted octanol–water partition coefficient (Wildman–Crippen LogP) is 0.0918. The standard InChI is InChI=1S/C14H22N6O4/c21-19(22)12-1-2-13(14(11-12)20(23)24)18-9-7-16-5-3-15-4-6-17-8-10-18/h1-2,11,15-17H,3-10H2. The molecule has 0 saturated carbocycles. The Hall–Kier alpha value is -2.30. The molecule has 1 aromatic rings. The third-order valence-electron chi connectivity index (χ3n) is 3.78. The molecule has 0 amide bonds. The first kappa shape index (κ1) is 18.0. The third kappa shape index (κ3) is 5.11. The van der Waals surface area contributed by atoms with E-state index in [0.717, 1.165) is 32.2 Å². The summed E-state index contributed by atoms with van der Waals surface area (Å²) in [6.07, 6.45) is 0. The lowest BCUT2D eigenvalue weighted by Gasteiger charge is -2.25. The van der Waals surface area contributed by atoms with Gasteiger partial charge in [-0.25, -0.2) is 0 Å². The van der Waals surface area contributed by atoms with E-state index in [-0.39, 0.29) is 11.4 Å². The highest BCUT2D eigenvalue weighted by atomic mass is 16.6. The summed E-state index contributed by atoms with van der Waals surface area (Å²) in [7, 11) is 0. The molecule has 10 nitrogen and oxygen atoms in total. The van der Waals surface area contributed by atoms with Crippen LogP contribution in [0.3, 0.4) is 0 Å². The maximum Gasteiger partial charge on any atom is 0.299 e.